The van der Waals surface area contributed by atoms with Crippen molar-refractivity contribution < 1.29 is 28.6 Å². The molecular formula is C67H122O6. The fourth-order valence-corrected chi connectivity index (χ4v) is 9.51. The zero-order valence-corrected chi connectivity index (χ0v) is 48.9. The lowest BCUT2D eigenvalue weighted by Crippen LogP contribution is -2.30. The highest BCUT2D eigenvalue weighted by Gasteiger charge is 2.19. The van der Waals surface area contributed by atoms with E-state index in [1.807, 2.05) is 0 Å². The number of rotatable bonds is 59. The van der Waals surface area contributed by atoms with Crippen LogP contribution in [-0.2, 0) is 28.6 Å². The van der Waals surface area contributed by atoms with Gasteiger partial charge in [0, 0.05) is 19.3 Å². The van der Waals surface area contributed by atoms with Gasteiger partial charge in [0.05, 0.1) is 0 Å². The minimum Gasteiger partial charge on any atom is -0.462 e. The summed E-state index contributed by atoms with van der Waals surface area (Å²) >= 11 is 0. The Balaban J connectivity index is 4.23. The molecule has 6 heteroatoms. The predicted molar refractivity (Wildman–Crippen MR) is 316 cm³/mol. The monoisotopic (exact) mass is 1020 g/mol. The first kappa shape index (κ1) is 70.4. The van der Waals surface area contributed by atoms with Crippen LogP contribution in [0.4, 0.5) is 0 Å². The summed E-state index contributed by atoms with van der Waals surface area (Å²) in [5, 5.41) is 0. The molecule has 0 spiro atoms. The molecule has 0 aromatic heterocycles. The first-order valence-corrected chi connectivity index (χ1v) is 32.1. The molecule has 0 aliphatic heterocycles. The lowest BCUT2D eigenvalue weighted by Gasteiger charge is -2.18. The molecule has 6 nitrogen and oxygen atoms in total. The van der Waals surface area contributed by atoms with Crippen molar-refractivity contribution in [1.29, 1.82) is 0 Å². The summed E-state index contributed by atoms with van der Waals surface area (Å²) in [5.41, 5.74) is 0. The van der Waals surface area contributed by atoms with Crippen LogP contribution in [0.15, 0.2) is 48.6 Å². The fourth-order valence-electron chi connectivity index (χ4n) is 9.51. The maximum Gasteiger partial charge on any atom is 0.306 e. The minimum absolute atomic E-state index is 0.0826. The van der Waals surface area contributed by atoms with Gasteiger partial charge in [0.25, 0.3) is 0 Å². The van der Waals surface area contributed by atoms with Gasteiger partial charge in [-0.05, 0) is 77.0 Å². The van der Waals surface area contributed by atoms with E-state index in [2.05, 4.69) is 69.4 Å². The molecule has 0 aromatic carbocycles. The van der Waals surface area contributed by atoms with E-state index >= 15 is 0 Å². The van der Waals surface area contributed by atoms with E-state index in [9.17, 15) is 14.4 Å². The number of allylic oxidation sites excluding steroid dienone is 8. The first-order chi connectivity index (χ1) is 36.0. The molecule has 0 saturated heterocycles. The smallest absolute Gasteiger partial charge is 0.306 e. The van der Waals surface area contributed by atoms with E-state index in [0.717, 1.165) is 96.3 Å². The zero-order chi connectivity index (χ0) is 52.9. The van der Waals surface area contributed by atoms with Crippen molar-refractivity contribution in [1.82, 2.24) is 0 Å². The van der Waals surface area contributed by atoms with E-state index in [1.165, 1.54) is 205 Å². The Kier molecular flexibility index (Phi) is 59.7. The molecule has 0 aliphatic carbocycles. The molecule has 0 saturated carbocycles. The van der Waals surface area contributed by atoms with Crippen LogP contribution in [0.5, 0.6) is 0 Å². The van der Waals surface area contributed by atoms with Crippen LogP contribution < -0.4 is 0 Å². The topological polar surface area (TPSA) is 78.9 Å². The molecular weight excluding hydrogens is 901 g/mol. The third-order valence-electron chi connectivity index (χ3n) is 14.3. The van der Waals surface area contributed by atoms with Gasteiger partial charge in [-0.25, -0.2) is 0 Å². The average molecular weight is 1020 g/mol. The number of carbonyl (C=O) groups is 3. The largest absolute Gasteiger partial charge is 0.462 e. The molecule has 1 atom stereocenters. The molecule has 0 rings (SSSR count). The maximum atomic E-state index is 12.9. The van der Waals surface area contributed by atoms with Crippen molar-refractivity contribution in [2.75, 3.05) is 13.2 Å². The molecule has 73 heavy (non-hydrogen) atoms. The Morgan fingerprint density at radius 2 is 0.534 bits per heavy atom. The summed E-state index contributed by atoms with van der Waals surface area (Å²) in [6, 6.07) is 0. The van der Waals surface area contributed by atoms with Gasteiger partial charge >= 0.3 is 17.9 Å². The molecule has 0 aliphatic rings. The third kappa shape index (κ3) is 60.1. The first-order valence-electron chi connectivity index (χ1n) is 32.1. The number of hydrogen-bond donors (Lipinski definition) is 0. The van der Waals surface area contributed by atoms with Crippen molar-refractivity contribution >= 4 is 17.9 Å². The van der Waals surface area contributed by atoms with Gasteiger partial charge in [0.1, 0.15) is 13.2 Å². The minimum atomic E-state index is -0.788. The lowest BCUT2D eigenvalue weighted by molar-refractivity contribution is -0.167. The standard InChI is InChI=1S/C67H122O6/c1-4-7-10-13-16-19-22-25-27-29-30-31-32-33-34-35-36-37-38-40-42-45-48-51-54-57-60-66(69)72-63-64(62-71-65(68)59-56-53-50-47-44-41-24-21-18-15-12-9-6-3)73-67(70)61-58-55-52-49-46-43-39-28-26-23-20-17-14-11-8-5-2/h9,12,18,21,28,39,41,44,64H,4-8,10-11,13-17,19-20,22-27,29-38,40,42-43,45-63H2,1-3H3/b12-9-,21-18-,39-28-,44-41-. The van der Waals surface area contributed by atoms with Gasteiger partial charge in [-0.1, -0.05) is 294 Å². The Bertz CT molecular complexity index is 1270. The molecule has 0 aromatic rings. The molecule has 0 bridgehead atoms. The summed E-state index contributed by atoms with van der Waals surface area (Å²) in [6.45, 7) is 6.54. The Morgan fingerprint density at radius 1 is 0.288 bits per heavy atom. The summed E-state index contributed by atoms with van der Waals surface area (Å²) in [6.07, 6.45) is 77.1. The van der Waals surface area contributed by atoms with Crippen LogP contribution in [0, 0.1) is 0 Å². The molecule has 0 heterocycles. The number of esters is 3. The Morgan fingerprint density at radius 3 is 0.863 bits per heavy atom. The number of ether oxygens (including phenoxy) is 3. The van der Waals surface area contributed by atoms with Crippen molar-refractivity contribution in [3.63, 3.8) is 0 Å². The highest BCUT2D eigenvalue weighted by molar-refractivity contribution is 5.71. The Hall–Kier alpha value is -2.63. The van der Waals surface area contributed by atoms with Gasteiger partial charge in [-0.3, -0.25) is 14.4 Å². The molecule has 1 unspecified atom stereocenters. The normalized spacial score (nSPS) is 12.3. The van der Waals surface area contributed by atoms with Crippen LogP contribution in [0.25, 0.3) is 0 Å². The fraction of sp³-hybridized carbons (Fsp3) is 0.836. The van der Waals surface area contributed by atoms with Gasteiger partial charge in [0.2, 0.25) is 0 Å². The van der Waals surface area contributed by atoms with Crippen LogP contribution in [0.3, 0.4) is 0 Å². The van der Waals surface area contributed by atoms with E-state index in [4.69, 9.17) is 14.2 Å². The van der Waals surface area contributed by atoms with Crippen LogP contribution in [0.2, 0.25) is 0 Å². The molecule has 0 fully saturated rings. The van der Waals surface area contributed by atoms with Gasteiger partial charge < -0.3 is 14.2 Å². The maximum absolute atomic E-state index is 12.9. The highest BCUT2D eigenvalue weighted by atomic mass is 16.6. The molecule has 0 amide bonds. The van der Waals surface area contributed by atoms with E-state index in [0.29, 0.717) is 19.3 Å². The van der Waals surface area contributed by atoms with E-state index in [-0.39, 0.29) is 31.1 Å². The summed E-state index contributed by atoms with van der Waals surface area (Å²) in [4.78, 5) is 38.2. The number of carbonyl (C=O) groups excluding carboxylic acids is 3. The van der Waals surface area contributed by atoms with Gasteiger partial charge in [0.15, 0.2) is 6.10 Å². The summed E-state index contributed by atoms with van der Waals surface area (Å²) in [5.74, 6) is -0.903. The SMILES string of the molecule is CC/C=C\C/C=C\C/C=C\CCCCCC(=O)OCC(COC(=O)CCCCCCCCCCCCCCCCCCCCCCCCCCCC)OC(=O)CCCCCCC/C=C\CCCCCCCCC. The van der Waals surface area contributed by atoms with Crippen molar-refractivity contribution in [2.45, 2.75) is 348 Å². The molecule has 0 N–H and O–H groups in total. The van der Waals surface area contributed by atoms with Crippen molar-refractivity contribution in [3.8, 4) is 0 Å². The van der Waals surface area contributed by atoms with Gasteiger partial charge in [-0.2, -0.15) is 0 Å². The molecule has 426 valence electrons. The molecule has 0 radical (unpaired) electrons. The zero-order valence-electron chi connectivity index (χ0n) is 48.9. The van der Waals surface area contributed by atoms with Crippen LogP contribution in [0.1, 0.15) is 342 Å². The van der Waals surface area contributed by atoms with E-state index < -0.39 is 6.10 Å². The highest BCUT2D eigenvalue weighted by Crippen LogP contribution is 2.18. The lowest BCUT2D eigenvalue weighted by atomic mass is 10.0. The van der Waals surface area contributed by atoms with E-state index in [1.54, 1.807) is 0 Å². The van der Waals surface area contributed by atoms with Crippen molar-refractivity contribution in [2.24, 2.45) is 0 Å². The van der Waals surface area contributed by atoms with Crippen molar-refractivity contribution in [3.05, 3.63) is 48.6 Å². The second-order valence-corrected chi connectivity index (χ2v) is 21.6. The second kappa shape index (κ2) is 61.9. The summed E-state index contributed by atoms with van der Waals surface area (Å²) in [7, 11) is 0. The average Bonchev–Trinajstić information content (AvgIpc) is 3.39. The number of unbranched alkanes of at least 4 members (excludes halogenated alkanes) is 40. The third-order valence-corrected chi connectivity index (χ3v) is 14.3. The quantitative estimate of drug-likeness (QED) is 0.0261. The predicted octanol–water partition coefficient (Wildman–Crippen LogP) is 21.8. The van der Waals surface area contributed by atoms with Gasteiger partial charge in [-0.15, -0.1) is 0 Å². The summed E-state index contributed by atoms with van der Waals surface area (Å²) < 4.78 is 16.9. The van der Waals surface area contributed by atoms with Crippen LogP contribution >= 0.6 is 0 Å². The number of hydrogen-bond acceptors (Lipinski definition) is 6. The van der Waals surface area contributed by atoms with Crippen LogP contribution in [-0.4, -0.2) is 37.2 Å². The Labute approximate surface area is 454 Å². The second-order valence-electron chi connectivity index (χ2n) is 21.6.